The number of hydrogen-bond donors (Lipinski definition) is 1. The Morgan fingerprint density at radius 3 is 2.56 bits per heavy atom. The molecule has 7 heteroatoms. The van der Waals surface area contributed by atoms with Crippen LogP contribution in [0.25, 0.3) is 0 Å². The van der Waals surface area contributed by atoms with Gasteiger partial charge in [-0.3, -0.25) is 4.79 Å². The number of aromatic nitrogens is 3. The van der Waals surface area contributed by atoms with Crippen molar-refractivity contribution in [3.8, 4) is 0 Å². The van der Waals surface area contributed by atoms with Crippen molar-refractivity contribution < 1.29 is 4.79 Å². The molecule has 0 atom stereocenters. The molecular formula is C11H17N5OS. The average Bonchev–Trinajstić information content (AvgIpc) is 2.64. The Hall–Kier alpha value is -1.50. The number of likely N-dealkylation sites (tertiary alicyclic amines) is 1. The lowest BCUT2D eigenvalue weighted by molar-refractivity contribution is -0.132. The highest BCUT2D eigenvalue weighted by molar-refractivity contribution is 7.80. The third-order valence-corrected chi connectivity index (χ3v) is 3.20. The van der Waals surface area contributed by atoms with E-state index in [2.05, 4.69) is 10.1 Å². The lowest BCUT2D eigenvalue weighted by Crippen LogP contribution is -2.34. The van der Waals surface area contributed by atoms with E-state index in [1.807, 2.05) is 4.90 Å². The van der Waals surface area contributed by atoms with Gasteiger partial charge in [0.05, 0.1) is 0 Å². The fraction of sp³-hybridized carbons (Fsp3) is 0.636. The zero-order valence-corrected chi connectivity index (χ0v) is 11.0. The molecule has 1 amide bonds. The summed E-state index contributed by atoms with van der Waals surface area (Å²) in [5, 5.41) is 4.06. The lowest BCUT2D eigenvalue weighted by atomic mass is 10.2. The molecule has 1 aromatic heterocycles. The third-order valence-electron chi connectivity index (χ3n) is 3.01. The Labute approximate surface area is 111 Å². The standard InChI is InChI=1S/C11H17N5OS/c12-10(18)11-13-8-16(14-11)7-9(17)15-5-3-1-2-4-6-15/h8H,1-7H2,(H2,12,18). The van der Waals surface area contributed by atoms with E-state index in [1.54, 1.807) is 0 Å². The number of nitrogens with zero attached hydrogens (tertiary/aromatic N) is 4. The molecule has 0 radical (unpaired) electrons. The minimum atomic E-state index is 0.0799. The maximum Gasteiger partial charge on any atom is 0.244 e. The summed E-state index contributed by atoms with van der Waals surface area (Å²) in [4.78, 5) is 18.1. The summed E-state index contributed by atoms with van der Waals surface area (Å²) in [7, 11) is 0. The van der Waals surface area contributed by atoms with Crippen LogP contribution in [-0.4, -0.2) is 43.6 Å². The Morgan fingerprint density at radius 2 is 2.00 bits per heavy atom. The van der Waals surface area contributed by atoms with Gasteiger partial charge in [0.2, 0.25) is 11.7 Å². The Bertz CT molecular complexity index is 436. The molecule has 0 aliphatic carbocycles. The smallest absolute Gasteiger partial charge is 0.244 e. The molecule has 0 bridgehead atoms. The summed E-state index contributed by atoms with van der Waals surface area (Å²) in [6.45, 7) is 1.89. The first kappa shape index (κ1) is 12.9. The van der Waals surface area contributed by atoms with Crippen molar-refractivity contribution in [1.29, 1.82) is 0 Å². The molecule has 2 rings (SSSR count). The number of rotatable bonds is 3. The summed E-state index contributed by atoms with van der Waals surface area (Å²) in [6.07, 6.45) is 6.07. The first-order chi connectivity index (χ1) is 8.66. The van der Waals surface area contributed by atoms with Crippen LogP contribution in [0, 0.1) is 0 Å². The first-order valence-corrected chi connectivity index (χ1v) is 6.54. The lowest BCUT2D eigenvalue weighted by Gasteiger charge is -2.19. The van der Waals surface area contributed by atoms with Crippen molar-refractivity contribution in [1.82, 2.24) is 19.7 Å². The van der Waals surface area contributed by atoms with E-state index >= 15 is 0 Å². The molecule has 0 spiro atoms. The molecule has 1 aromatic rings. The van der Waals surface area contributed by atoms with Crippen LogP contribution in [0.5, 0.6) is 0 Å². The van der Waals surface area contributed by atoms with Gasteiger partial charge in [-0.15, -0.1) is 5.10 Å². The highest BCUT2D eigenvalue weighted by atomic mass is 32.1. The molecule has 1 saturated heterocycles. The first-order valence-electron chi connectivity index (χ1n) is 6.14. The van der Waals surface area contributed by atoms with Gasteiger partial charge in [-0.2, -0.15) is 0 Å². The second-order valence-electron chi connectivity index (χ2n) is 4.43. The highest BCUT2D eigenvalue weighted by Crippen LogP contribution is 2.10. The second kappa shape index (κ2) is 5.90. The van der Waals surface area contributed by atoms with E-state index in [4.69, 9.17) is 18.0 Å². The Morgan fingerprint density at radius 1 is 1.33 bits per heavy atom. The minimum absolute atomic E-state index is 0.0799. The van der Waals surface area contributed by atoms with Crippen LogP contribution in [0.15, 0.2) is 6.33 Å². The zero-order valence-electron chi connectivity index (χ0n) is 10.2. The molecule has 98 valence electrons. The van der Waals surface area contributed by atoms with Crippen LogP contribution >= 0.6 is 12.2 Å². The van der Waals surface area contributed by atoms with Gasteiger partial charge < -0.3 is 10.6 Å². The van der Waals surface area contributed by atoms with Crippen molar-refractivity contribution in [3.63, 3.8) is 0 Å². The van der Waals surface area contributed by atoms with E-state index in [9.17, 15) is 4.79 Å². The second-order valence-corrected chi connectivity index (χ2v) is 4.86. The Kier molecular flexibility index (Phi) is 4.24. The molecule has 6 nitrogen and oxygen atoms in total. The van der Waals surface area contributed by atoms with E-state index in [-0.39, 0.29) is 17.4 Å². The quantitative estimate of drug-likeness (QED) is 0.798. The van der Waals surface area contributed by atoms with E-state index in [0.717, 1.165) is 25.9 Å². The van der Waals surface area contributed by atoms with Gasteiger partial charge >= 0.3 is 0 Å². The molecule has 1 aliphatic rings. The molecule has 18 heavy (non-hydrogen) atoms. The van der Waals surface area contributed by atoms with Crippen LogP contribution in [0.1, 0.15) is 31.5 Å². The molecule has 1 aliphatic heterocycles. The minimum Gasteiger partial charge on any atom is -0.387 e. The van der Waals surface area contributed by atoms with Crippen molar-refractivity contribution in [2.24, 2.45) is 5.73 Å². The number of thiocarbonyl (C=S) groups is 1. The van der Waals surface area contributed by atoms with Gasteiger partial charge in [0.15, 0.2) is 0 Å². The van der Waals surface area contributed by atoms with E-state index < -0.39 is 0 Å². The normalized spacial score (nSPS) is 16.3. The summed E-state index contributed by atoms with van der Waals surface area (Å²) in [5.41, 5.74) is 5.42. The monoisotopic (exact) mass is 267 g/mol. The maximum atomic E-state index is 12.1. The number of carbonyl (C=O) groups is 1. The highest BCUT2D eigenvalue weighted by Gasteiger charge is 2.16. The molecule has 2 heterocycles. The van der Waals surface area contributed by atoms with Gasteiger partial charge in [-0.05, 0) is 12.8 Å². The largest absolute Gasteiger partial charge is 0.387 e. The SMILES string of the molecule is NC(=S)c1ncn(CC(=O)N2CCCCCC2)n1. The molecule has 1 fully saturated rings. The molecule has 0 unspecified atom stereocenters. The topological polar surface area (TPSA) is 77.0 Å². The van der Waals surface area contributed by atoms with E-state index in [1.165, 1.54) is 23.9 Å². The van der Waals surface area contributed by atoms with E-state index in [0.29, 0.717) is 5.82 Å². The van der Waals surface area contributed by atoms with Crippen LogP contribution in [0.2, 0.25) is 0 Å². The molecular weight excluding hydrogens is 250 g/mol. The van der Waals surface area contributed by atoms with Crippen LogP contribution < -0.4 is 5.73 Å². The summed E-state index contributed by atoms with van der Waals surface area (Å²) < 4.78 is 1.49. The van der Waals surface area contributed by atoms with Crippen LogP contribution in [0.3, 0.4) is 0 Å². The van der Waals surface area contributed by atoms with Crippen LogP contribution in [-0.2, 0) is 11.3 Å². The predicted octanol–water partition coefficient (Wildman–Crippen LogP) is 0.315. The Balaban J connectivity index is 1.94. The fourth-order valence-electron chi connectivity index (χ4n) is 2.04. The van der Waals surface area contributed by atoms with Crippen LogP contribution in [0.4, 0.5) is 0 Å². The van der Waals surface area contributed by atoms with Gasteiger partial charge in [-0.25, -0.2) is 9.67 Å². The molecule has 0 saturated carbocycles. The number of nitrogens with two attached hydrogens (primary N) is 1. The third kappa shape index (κ3) is 3.25. The van der Waals surface area contributed by atoms with Gasteiger partial charge in [0, 0.05) is 13.1 Å². The fourth-order valence-corrected chi connectivity index (χ4v) is 2.14. The van der Waals surface area contributed by atoms with Gasteiger partial charge in [0.25, 0.3) is 0 Å². The molecule has 0 aromatic carbocycles. The average molecular weight is 267 g/mol. The van der Waals surface area contributed by atoms with Crippen molar-refractivity contribution in [2.75, 3.05) is 13.1 Å². The van der Waals surface area contributed by atoms with Gasteiger partial charge in [-0.1, -0.05) is 25.1 Å². The van der Waals surface area contributed by atoms with Gasteiger partial charge in [0.1, 0.15) is 17.9 Å². The van der Waals surface area contributed by atoms with Crippen molar-refractivity contribution in [3.05, 3.63) is 12.2 Å². The number of amides is 1. The zero-order chi connectivity index (χ0) is 13.0. The summed E-state index contributed by atoms with van der Waals surface area (Å²) in [5.74, 6) is 0.393. The predicted molar refractivity (Wildman–Crippen MR) is 71.0 cm³/mol. The van der Waals surface area contributed by atoms with Crippen molar-refractivity contribution in [2.45, 2.75) is 32.2 Å². The number of hydrogen-bond acceptors (Lipinski definition) is 4. The number of carbonyl (C=O) groups excluding carboxylic acids is 1. The maximum absolute atomic E-state index is 12.1. The molecule has 2 N–H and O–H groups in total. The van der Waals surface area contributed by atoms with Crippen molar-refractivity contribution >= 4 is 23.1 Å². The summed E-state index contributed by atoms with van der Waals surface area (Å²) >= 11 is 4.78. The summed E-state index contributed by atoms with van der Waals surface area (Å²) in [6, 6.07) is 0.